The molecule has 0 aliphatic carbocycles. The van der Waals surface area contributed by atoms with Crippen molar-refractivity contribution in [3.63, 3.8) is 0 Å². The largest absolute Gasteiger partial charge is 0.494 e. The lowest BCUT2D eigenvalue weighted by Gasteiger charge is -2.11. The number of ether oxygens (including phenoxy) is 1. The lowest BCUT2D eigenvalue weighted by Crippen LogP contribution is -2.29. The average molecular weight is 234 g/mol. The Bertz CT molecular complexity index is 428. The van der Waals surface area contributed by atoms with Gasteiger partial charge < -0.3 is 10.1 Å². The minimum atomic E-state index is -0.472. The summed E-state index contributed by atoms with van der Waals surface area (Å²) in [5.41, 5.74) is 0.795. The van der Waals surface area contributed by atoms with Gasteiger partial charge in [0.05, 0.1) is 13.0 Å². The first kappa shape index (κ1) is 11.4. The first-order valence-corrected chi connectivity index (χ1v) is 5.52. The summed E-state index contributed by atoms with van der Waals surface area (Å²) in [7, 11) is 0. The molecule has 5 nitrogen and oxygen atoms in total. The van der Waals surface area contributed by atoms with Gasteiger partial charge in [-0.2, -0.15) is 0 Å². The molecule has 1 heterocycles. The van der Waals surface area contributed by atoms with E-state index in [0.29, 0.717) is 6.61 Å². The molecule has 1 fully saturated rings. The predicted molar refractivity (Wildman–Crippen MR) is 62.8 cm³/mol. The summed E-state index contributed by atoms with van der Waals surface area (Å²) in [6, 6.07) is 6.81. The van der Waals surface area contributed by atoms with Crippen molar-refractivity contribution in [1.29, 1.82) is 0 Å². The van der Waals surface area contributed by atoms with E-state index >= 15 is 0 Å². The van der Waals surface area contributed by atoms with Crippen LogP contribution in [-0.4, -0.2) is 24.5 Å². The van der Waals surface area contributed by atoms with Gasteiger partial charge in [-0.15, -0.1) is 0 Å². The van der Waals surface area contributed by atoms with Crippen LogP contribution in [-0.2, 0) is 9.59 Å². The Labute approximate surface area is 99.2 Å². The molecule has 2 rings (SSSR count). The van der Waals surface area contributed by atoms with Gasteiger partial charge in [-0.05, 0) is 31.2 Å². The lowest BCUT2D eigenvalue weighted by molar-refractivity contribution is -0.124. The fraction of sp³-hybridized carbons (Fsp3) is 0.333. The van der Waals surface area contributed by atoms with Gasteiger partial charge in [-0.25, -0.2) is 0 Å². The summed E-state index contributed by atoms with van der Waals surface area (Å²) >= 11 is 0. The second-order valence-corrected chi connectivity index (χ2v) is 3.77. The molecule has 90 valence electrons. The Kier molecular flexibility index (Phi) is 3.27. The van der Waals surface area contributed by atoms with Gasteiger partial charge >= 0.3 is 0 Å². The molecule has 1 atom stereocenters. The molecule has 1 aliphatic heterocycles. The number of hydrogen-bond acceptors (Lipinski definition) is 4. The summed E-state index contributed by atoms with van der Waals surface area (Å²) in [5.74, 6) is 0.271. The standard InChI is InChI=1S/C12H14N2O3/c1-2-17-9-5-3-8(4-6-9)13-10-7-11(15)14-12(10)16/h3-6,10,13H,2,7H2,1H3,(H,14,15,16). The number of rotatable bonds is 4. The molecule has 2 N–H and O–H groups in total. The molecule has 0 aromatic heterocycles. The molecule has 0 spiro atoms. The van der Waals surface area contributed by atoms with Crippen molar-refractivity contribution < 1.29 is 14.3 Å². The molecule has 1 saturated heterocycles. The Morgan fingerprint density at radius 3 is 2.59 bits per heavy atom. The van der Waals surface area contributed by atoms with Crippen LogP contribution in [0.1, 0.15) is 13.3 Å². The molecule has 1 aromatic rings. The molecule has 17 heavy (non-hydrogen) atoms. The normalized spacial score (nSPS) is 19.0. The van der Waals surface area contributed by atoms with Crippen molar-refractivity contribution in [3.05, 3.63) is 24.3 Å². The molecule has 0 radical (unpaired) electrons. The van der Waals surface area contributed by atoms with Crippen molar-refractivity contribution in [2.45, 2.75) is 19.4 Å². The Morgan fingerprint density at radius 2 is 2.06 bits per heavy atom. The number of hydrogen-bond donors (Lipinski definition) is 2. The van der Waals surface area contributed by atoms with E-state index in [0.717, 1.165) is 11.4 Å². The van der Waals surface area contributed by atoms with Crippen LogP contribution < -0.4 is 15.4 Å². The topological polar surface area (TPSA) is 67.4 Å². The quantitative estimate of drug-likeness (QED) is 0.760. The third-order valence-corrected chi connectivity index (χ3v) is 2.47. The van der Waals surface area contributed by atoms with Gasteiger partial charge in [0.15, 0.2) is 0 Å². The average Bonchev–Trinajstić information content (AvgIpc) is 2.61. The van der Waals surface area contributed by atoms with E-state index in [-0.39, 0.29) is 18.2 Å². The number of carbonyl (C=O) groups excluding carboxylic acids is 2. The number of anilines is 1. The van der Waals surface area contributed by atoms with Crippen molar-refractivity contribution in [1.82, 2.24) is 5.32 Å². The van der Waals surface area contributed by atoms with Crippen LogP contribution in [0, 0.1) is 0 Å². The molecule has 1 unspecified atom stereocenters. The smallest absolute Gasteiger partial charge is 0.249 e. The van der Waals surface area contributed by atoms with E-state index in [4.69, 9.17) is 4.74 Å². The molecule has 5 heteroatoms. The zero-order chi connectivity index (χ0) is 12.3. The van der Waals surface area contributed by atoms with Crippen LogP contribution in [0.15, 0.2) is 24.3 Å². The van der Waals surface area contributed by atoms with E-state index in [1.165, 1.54) is 0 Å². The van der Waals surface area contributed by atoms with Gasteiger partial charge in [-0.3, -0.25) is 14.9 Å². The van der Waals surface area contributed by atoms with E-state index < -0.39 is 6.04 Å². The van der Waals surface area contributed by atoms with Gasteiger partial charge in [0.2, 0.25) is 11.8 Å². The van der Waals surface area contributed by atoms with Crippen molar-refractivity contribution in [3.8, 4) is 5.75 Å². The fourth-order valence-electron chi connectivity index (χ4n) is 1.69. The first-order chi connectivity index (χ1) is 8.19. The predicted octanol–water partition coefficient (Wildman–Crippen LogP) is 0.912. The van der Waals surface area contributed by atoms with Crippen molar-refractivity contribution >= 4 is 17.5 Å². The summed E-state index contributed by atoms with van der Waals surface area (Å²) in [6.07, 6.45) is 0.187. The second kappa shape index (κ2) is 4.86. The van der Waals surface area contributed by atoms with Crippen LogP contribution in [0.4, 0.5) is 5.69 Å². The van der Waals surface area contributed by atoms with E-state index in [9.17, 15) is 9.59 Å². The molecule has 1 aliphatic rings. The van der Waals surface area contributed by atoms with Gasteiger partial charge in [0.1, 0.15) is 11.8 Å². The maximum Gasteiger partial charge on any atom is 0.249 e. The zero-order valence-corrected chi connectivity index (χ0v) is 9.53. The van der Waals surface area contributed by atoms with Crippen molar-refractivity contribution in [2.75, 3.05) is 11.9 Å². The van der Waals surface area contributed by atoms with Gasteiger partial charge in [0.25, 0.3) is 0 Å². The Hall–Kier alpha value is -2.04. The molecular weight excluding hydrogens is 220 g/mol. The van der Waals surface area contributed by atoms with Gasteiger partial charge in [-0.1, -0.05) is 0 Å². The third kappa shape index (κ3) is 2.75. The number of benzene rings is 1. The Morgan fingerprint density at radius 1 is 1.35 bits per heavy atom. The SMILES string of the molecule is CCOc1ccc(NC2CC(=O)NC2=O)cc1. The number of carbonyl (C=O) groups is 2. The number of amides is 2. The molecule has 1 aromatic carbocycles. The monoisotopic (exact) mass is 234 g/mol. The van der Waals surface area contributed by atoms with Crippen LogP contribution in [0.5, 0.6) is 5.75 Å². The van der Waals surface area contributed by atoms with Crippen LogP contribution in [0.2, 0.25) is 0 Å². The highest BCUT2D eigenvalue weighted by Gasteiger charge is 2.30. The van der Waals surface area contributed by atoms with Crippen LogP contribution in [0.3, 0.4) is 0 Å². The van der Waals surface area contributed by atoms with E-state index in [1.54, 1.807) is 0 Å². The number of nitrogens with one attached hydrogen (secondary N) is 2. The third-order valence-electron chi connectivity index (χ3n) is 2.47. The van der Waals surface area contributed by atoms with Crippen LogP contribution in [0.25, 0.3) is 0 Å². The molecule has 0 bridgehead atoms. The minimum Gasteiger partial charge on any atom is -0.494 e. The summed E-state index contributed by atoms with van der Waals surface area (Å²) in [4.78, 5) is 22.3. The molecular formula is C12H14N2O3. The maximum absolute atomic E-state index is 11.3. The van der Waals surface area contributed by atoms with E-state index in [2.05, 4.69) is 10.6 Å². The summed E-state index contributed by atoms with van der Waals surface area (Å²) in [5, 5.41) is 5.26. The fourth-order valence-corrected chi connectivity index (χ4v) is 1.69. The first-order valence-electron chi connectivity index (χ1n) is 5.52. The second-order valence-electron chi connectivity index (χ2n) is 3.77. The molecule has 0 saturated carbocycles. The summed E-state index contributed by atoms with van der Waals surface area (Å²) < 4.78 is 5.31. The zero-order valence-electron chi connectivity index (χ0n) is 9.53. The highest BCUT2D eigenvalue weighted by atomic mass is 16.5. The summed E-state index contributed by atoms with van der Waals surface area (Å²) in [6.45, 7) is 2.53. The lowest BCUT2D eigenvalue weighted by atomic mass is 10.2. The highest BCUT2D eigenvalue weighted by Crippen LogP contribution is 2.17. The van der Waals surface area contributed by atoms with Crippen molar-refractivity contribution in [2.24, 2.45) is 0 Å². The Balaban J connectivity index is 1.99. The maximum atomic E-state index is 11.3. The van der Waals surface area contributed by atoms with Crippen LogP contribution >= 0.6 is 0 Å². The van der Waals surface area contributed by atoms with E-state index in [1.807, 2.05) is 31.2 Å². The highest BCUT2D eigenvalue weighted by molar-refractivity contribution is 6.06. The minimum absolute atomic E-state index is 0.187. The molecule has 2 amide bonds. The van der Waals surface area contributed by atoms with Gasteiger partial charge in [0, 0.05) is 5.69 Å². The number of imide groups is 1.